The fourth-order valence-corrected chi connectivity index (χ4v) is 3.77. The number of benzene rings is 2. The molecule has 0 radical (unpaired) electrons. The van der Waals surface area contributed by atoms with Gasteiger partial charge < -0.3 is 19.9 Å². The first-order chi connectivity index (χ1) is 14.9. The van der Waals surface area contributed by atoms with Crippen LogP contribution in [-0.4, -0.2) is 42.5 Å². The van der Waals surface area contributed by atoms with Gasteiger partial charge in [0.2, 0.25) is 5.60 Å². The average Bonchev–Trinajstić information content (AvgIpc) is 2.66. The number of alkyl halides is 3. The van der Waals surface area contributed by atoms with Crippen molar-refractivity contribution >= 4 is 5.97 Å². The molecule has 0 saturated carbocycles. The van der Waals surface area contributed by atoms with E-state index in [0.29, 0.717) is 12.2 Å². The lowest BCUT2D eigenvalue weighted by Gasteiger charge is -2.42. The van der Waals surface area contributed by atoms with E-state index in [1.54, 1.807) is 18.2 Å². The number of halogens is 3. The van der Waals surface area contributed by atoms with Crippen LogP contribution in [0.4, 0.5) is 13.2 Å². The minimum absolute atomic E-state index is 0.194. The number of phenols is 1. The van der Waals surface area contributed by atoms with Crippen molar-refractivity contribution in [3.05, 3.63) is 58.1 Å². The molecule has 1 saturated heterocycles. The maximum absolute atomic E-state index is 13.1. The summed E-state index contributed by atoms with van der Waals surface area (Å²) in [6.07, 6.45) is -3.98. The molecule has 32 heavy (non-hydrogen) atoms. The summed E-state index contributed by atoms with van der Waals surface area (Å²) in [6.45, 7) is 6.35. The van der Waals surface area contributed by atoms with E-state index in [1.807, 2.05) is 39.8 Å². The van der Waals surface area contributed by atoms with Crippen LogP contribution in [-0.2, 0) is 16.0 Å². The fraction of sp³-hybridized carbons (Fsp3) is 0.458. The molecule has 2 aromatic rings. The largest absolute Gasteiger partial charge is 0.508 e. The zero-order valence-electron chi connectivity index (χ0n) is 18.6. The van der Waals surface area contributed by atoms with Gasteiger partial charge in [0, 0.05) is 13.1 Å². The van der Waals surface area contributed by atoms with E-state index in [4.69, 9.17) is 9.47 Å². The Morgan fingerprint density at radius 3 is 2.28 bits per heavy atom. The third-order valence-electron chi connectivity index (χ3n) is 5.77. The number of esters is 1. The standard InChI is InChI=1S/C24H28F3NO4/c1-14(2)19-9-17(5-6-21(19)29)10-20-15(3)7-18(8-16(20)4)31-11-22(30)32-23(12-28-13-23)24(25,26)27/h5-9,14,28-29H,10-13H2,1-4H3. The Morgan fingerprint density at radius 1 is 1.16 bits per heavy atom. The summed E-state index contributed by atoms with van der Waals surface area (Å²) in [4.78, 5) is 12.0. The molecule has 0 bridgehead atoms. The molecule has 0 aliphatic carbocycles. The van der Waals surface area contributed by atoms with Crippen LogP contribution in [0.15, 0.2) is 30.3 Å². The van der Waals surface area contributed by atoms with Crippen LogP contribution < -0.4 is 10.1 Å². The van der Waals surface area contributed by atoms with Crippen LogP contribution in [0.1, 0.15) is 47.6 Å². The van der Waals surface area contributed by atoms with Crippen molar-refractivity contribution in [1.82, 2.24) is 5.32 Å². The maximum Gasteiger partial charge on any atom is 0.430 e. The van der Waals surface area contributed by atoms with Crippen molar-refractivity contribution in [1.29, 1.82) is 0 Å². The molecule has 0 amide bonds. The summed E-state index contributed by atoms with van der Waals surface area (Å²) in [5.74, 6) is -0.201. The lowest BCUT2D eigenvalue weighted by atomic mass is 9.93. The Labute approximate surface area is 185 Å². The minimum atomic E-state index is -4.63. The molecular weight excluding hydrogens is 423 g/mol. The Bertz CT molecular complexity index is 974. The average molecular weight is 451 g/mol. The highest BCUT2D eigenvalue weighted by molar-refractivity contribution is 5.72. The molecule has 3 rings (SSSR count). The molecule has 0 atom stereocenters. The van der Waals surface area contributed by atoms with E-state index in [2.05, 4.69) is 5.32 Å². The number of hydrogen-bond donors (Lipinski definition) is 2. The van der Waals surface area contributed by atoms with E-state index in [0.717, 1.165) is 27.8 Å². The molecule has 1 fully saturated rings. The summed E-state index contributed by atoms with van der Waals surface area (Å²) in [6, 6.07) is 9.08. The summed E-state index contributed by atoms with van der Waals surface area (Å²) in [5.41, 5.74) is 2.42. The SMILES string of the molecule is Cc1cc(OCC(=O)OC2(C(F)(F)F)CNC2)cc(C)c1Cc1ccc(O)c(C(C)C)c1. The number of aryl methyl sites for hydroxylation is 2. The molecule has 8 heteroatoms. The molecule has 1 heterocycles. The quantitative estimate of drug-likeness (QED) is 0.605. The molecule has 2 N–H and O–H groups in total. The Hall–Kier alpha value is -2.74. The van der Waals surface area contributed by atoms with Gasteiger partial charge in [-0.05, 0) is 72.2 Å². The number of phenolic OH excluding ortho intramolecular Hbond substituents is 1. The predicted octanol–water partition coefficient (Wildman–Crippen LogP) is 4.55. The lowest BCUT2D eigenvalue weighted by molar-refractivity contribution is -0.284. The van der Waals surface area contributed by atoms with Gasteiger partial charge >= 0.3 is 12.1 Å². The molecule has 1 aliphatic rings. The molecule has 1 aliphatic heterocycles. The smallest absolute Gasteiger partial charge is 0.430 e. The summed E-state index contributed by atoms with van der Waals surface area (Å²) >= 11 is 0. The number of carbonyl (C=O) groups is 1. The Morgan fingerprint density at radius 2 is 1.78 bits per heavy atom. The molecular formula is C24H28F3NO4. The zero-order chi connectivity index (χ0) is 23.7. The van der Waals surface area contributed by atoms with Crippen molar-refractivity contribution in [2.75, 3.05) is 19.7 Å². The van der Waals surface area contributed by atoms with Gasteiger partial charge in [-0.15, -0.1) is 0 Å². The van der Waals surface area contributed by atoms with Crippen LogP contribution in [0.3, 0.4) is 0 Å². The van der Waals surface area contributed by atoms with Gasteiger partial charge in [0.05, 0.1) is 0 Å². The van der Waals surface area contributed by atoms with Crippen LogP contribution in [0.5, 0.6) is 11.5 Å². The number of hydrogen-bond acceptors (Lipinski definition) is 5. The molecule has 0 unspecified atom stereocenters. The van der Waals surface area contributed by atoms with E-state index in [9.17, 15) is 23.1 Å². The van der Waals surface area contributed by atoms with Crippen molar-refractivity contribution < 1.29 is 32.5 Å². The van der Waals surface area contributed by atoms with Gasteiger partial charge in [-0.3, -0.25) is 0 Å². The highest BCUT2D eigenvalue weighted by atomic mass is 19.4. The molecule has 174 valence electrons. The second-order valence-corrected chi connectivity index (χ2v) is 8.62. The molecule has 2 aromatic carbocycles. The topological polar surface area (TPSA) is 67.8 Å². The van der Waals surface area contributed by atoms with E-state index < -0.39 is 37.4 Å². The monoisotopic (exact) mass is 451 g/mol. The maximum atomic E-state index is 13.1. The molecule has 0 aromatic heterocycles. The second kappa shape index (κ2) is 9.02. The third-order valence-corrected chi connectivity index (χ3v) is 5.77. The third kappa shape index (κ3) is 5.01. The molecule has 0 spiro atoms. The number of nitrogens with one attached hydrogen (secondary N) is 1. The number of aromatic hydroxyl groups is 1. The Balaban J connectivity index is 1.67. The van der Waals surface area contributed by atoms with Crippen molar-refractivity contribution in [2.45, 2.75) is 51.8 Å². The summed E-state index contributed by atoms with van der Waals surface area (Å²) in [7, 11) is 0. The first-order valence-electron chi connectivity index (χ1n) is 10.5. The van der Waals surface area contributed by atoms with Crippen LogP contribution in [0.2, 0.25) is 0 Å². The fourth-order valence-electron chi connectivity index (χ4n) is 3.77. The first kappa shape index (κ1) is 23.9. The van der Waals surface area contributed by atoms with Gasteiger partial charge in [-0.25, -0.2) is 4.79 Å². The summed E-state index contributed by atoms with van der Waals surface area (Å²) in [5, 5.41) is 12.5. The number of ether oxygens (including phenoxy) is 2. The summed E-state index contributed by atoms with van der Waals surface area (Å²) < 4.78 is 49.5. The van der Waals surface area contributed by atoms with Crippen molar-refractivity contribution in [3.8, 4) is 11.5 Å². The van der Waals surface area contributed by atoms with Crippen molar-refractivity contribution in [3.63, 3.8) is 0 Å². The number of carbonyl (C=O) groups excluding carboxylic acids is 1. The van der Waals surface area contributed by atoms with Gasteiger partial charge in [0.1, 0.15) is 11.5 Å². The van der Waals surface area contributed by atoms with Gasteiger partial charge in [0.15, 0.2) is 6.61 Å². The van der Waals surface area contributed by atoms with E-state index in [-0.39, 0.29) is 11.7 Å². The van der Waals surface area contributed by atoms with Gasteiger partial charge in [-0.2, -0.15) is 13.2 Å². The van der Waals surface area contributed by atoms with Crippen LogP contribution >= 0.6 is 0 Å². The van der Waals surface area contributed by atoms with Crippen LogP contribution in [0, 0.1) is 13.8 Å². The van der Waals surface area contributed by atoms with Crippen molar-refractivity contribution in [2.24, 2.45) is 0 Å². The van der Waals surface area contributed by atoms with Gasteiger partial charge in [0.25, 0.3) is 0 Å². The van der Waals surface area contributed by atoms with Crippen LogP contribution in [0.25, 0.3) is 0 Å². The normalized spacial score (nSPS) is 15.4. The minimum Gasteiger partial charge on any atom is -0.508 e. The van der Waals surface area contributed by atoms with E-state index >= 15 is 0 Å². The molecule has 5 nitrogen and oxygen atoms in total. The van der Waals surface area contributed by atoms with E-state index in [1.165, 1.54) is 0 Å². The predicted molar refractivity (Wildman–Crippen MR) is 114 cm³/mol. The highest BCUT2D eigenvalue weighted by Gasteiger charge is 2.62. The zero-order valence-corrected chi connectivity index (χ0v) is 18.6. The first-order valence-corrected chi connectivity index (χ1v) is 10.5. The highest BCUT2D eigenvalue weighted by Crippen LogP contribution is 2.37. The van der Waals surface area contributed by atoms with Gasteiger partial charge in [-0.1, -0.05) is 26.0 Å². The lowest BCUT2D eigenvalue weighted by Crippen LogP contribution is -2.69. The second-order valence-electron chi connectivity index (χ2n) is 8.62. The number of rotatable bonds is 7. The Kier molecular flexibility index (Phi) is 6.74.